The van der Waals surface area contributed by atoms with E-state index in [1.807, 2.05) is 74.7 Å². The molecular formula is C35H42N4O5. The molecule has 1 aliphatic heterocycles. The van der Waals surface area contributed by atoms with E-state index in [1.54, 1.807) is 18.2 Å². The molecule has 232 valence electrons. The van der Waals surface area contributed by atoms with Crippen molar-refractivity contribution in [3.8, 4) is 28.1 Å². The standard InChI is InChI=1S/C35H42N4O5/c1-8-20-43-35(6)16-18-38(19-17-35)32-30(31(33(41)42-7)44-34(3,4)5)23(2)36-29-22-27(37-39(29)32)25-13-11-12-24(21-25)26-14-9-10-15-28(26)40/h8-15,21-22,31,40H,1,16-20H2,2-7H3/t31-/m0/s1. The van der Waals surface area contributed by atoms with Crippen LogP contribution in [0.4, 0.5) is 5.82 Å². The molecule has 0 spiro atoms. The third kappa shape index (κ3) is 6.49. The average molecular weight is 599 g/mol. The lowest BCUT2D eigenvalue weighted by molar-refractivity contribution is -0.164. The number of ether oxygens (including phenoxy) is 3. The van der Waals surface area contributed by atoms with Gasteiger partial charge in [0.15, 0.2) is 11.8 Å². The molecule has 9 heteroatoms. The van der Waals surface area contributed by atoms with Gasteiger partial charge in [0.2, 0.25) is 0 Å². The fourth-order valence-corrected chi connectivity index (χ4v) is 5.71. The molecule has 0 radical (unpaired) electrons. The first-order valence-electron chi connectivity index (χ1n) is 15.0. The molecule has 9 nitrogen and oxygen atoms in total. The monoisotopic (exact) mass is 598 g/mol. The number of para-hydroxylation sites is 1. The summed E-state index contributed by atoms with van der Waals surface area (Å²) in [5.74, 6) is 0.469. The van der Waals surface area contributed by atoms with Crippen molar-refractivity contribution in [3.63, 3.8) is 0 Å². The molecule has 1 N–H and O–H groups in total. The first kappa shape index (κ1) is 31.2. The number of rotatable bonds is 9. The molecule has 2 aromatic heterocycles. The third-order valence-corrected chi connectivity index (χ3v) is 8.00. The number of hydrogen-bond acceptors (Lipinski definition) is 8. The van der Waals surface area contributed by atoms with E-state index in [9.17, 15) is 9.90 Å². The van der Waals surface area contributed by atoms with Crippen LogP contribution < -0.4 is 4.90 Å². The number of esters is 1. The summed E-state index contributed by atoms with van der Waals surface area (Å²) in [6.45, 7) is 15.4. The van der Waals surface area contributed by atoms with E-state index in [0.717, 1.165) is 41.0 Å². The number of phenols is 1. The van der Waals surface area contributed by atoms with Crippen LogP contribution in [0.15, 0.2) is 67.3 Å². The van der Waals surface area contributed by atoms with Gasteiger partial charge in [0.1, 0.15) is 11.6 Å². The van der Waals surface area contributed by atoms with E-state index in [4.69, 9.17) is 24.3 Å². The van der Waals surface area contributed by atoms with Crippen LogP contribution in [0.5, 0.6) is 5.75 Å². The number of aromatic nitrogens is 3. The smallest absolute Gasteiger partial charge is 0.339 e. The van der Waals surface area contributed by atoms with Crippen molar-refractivity contribution in [1.82, 2.24) is 14.6 Å². The minimum Gasteiger partial charge on any atom is -0.507 e. The molecule has 0 amide bonds. The predicted molar refractivity (Wildman–Crippen MR) is 172 cm³/mol. The highest BCUT2D eigenvalue weighted by atomic mass is 16.6. The lowest BCUT2D eigenvalue weighted by Gasteiger charge is -2.41. The van der Waals surface area contributed by atoms with Gasteiger partial charge in [-0.1, -0.05) is 42.5 Å². The highest BCUT2D eigenvalue weighted by molar-refractivity contribution is 5.81. The quantitative estimate of drug-likeness (QED) is 0.169. The number of carbonyl (C=O) groups is 1. The van der Waals surface area contributed by atoms with Gasteiger partial charge in [0.25, 0.3) is 0 Å². The Morgan fingerprint density at radius 1 is 1.11 bits per heavy atom. The lowest BCUT2D eigenvalue weighted by atomic mass is 9.92. The first-order chi connectivity index (χ1) is 20.9. The third-order valence-electron chi connectivity index (χ3n) is 8.00. The van der Waals surface area contributed by atoms with Crippen molar-refractivity contribution in [3.05, 3.63) is 78.5 Å². The van der Waals surface area contributed by atoms with Gasteiger partial charge in [0, 0.05) is 36.0 Å². The Balaban J connectivity index is 1.66. The Labute approximate surface area is 259 Å². The summed E-state index contributed by atoms with van der Waals surface area (Å²) in [4.78, 5) is 20.5. The van der Waals surface area contributed by atoms with Crippen molar-refractivity contribution in [2.24, 2.45) is 0 Å². The summed E-state index contributed by atoms with van der Waals surface area (Å²) in [6, 6.07) is 17.1. The second-order valence-corrected chi connectivity index (χ2v) is 12.5. The van der Waals surface area contributed by atoms with Gasteiger partial charge in [-0.05, 0) is 65.2 Å². The van der Waals surface area contributed by atoms with Gasteiger partial charge in [0.05, 0.1) is 36.2 Å². The SMILES string of the molecule is C=CCOC1(C)CCN(c2c([C@H](OC(C)(C)C)C(=O)OC)c(C)nc3cc(-c4cccc(-c5ccccc5O)c4)nn23)CC1. The van der Waals surface area contributed by atoms with Gasteiger partial charge in [-0.15, -0.1) is 6.58 Å². The van der Waals surface area contributed by atoms with Crippen LogP contribution in [-0.4, -0.2) is 63.7 Å². The van der Waals surface area contributed by atoms with Crippen molar-refractivity contribution in [1.29, 1.82) is 0 Å². The number of fused-ring (bicyclic) bond motifs is 1. The number of piperidine rings is 1. The first-order valence-corrected chi connectivity index (χ1v) is 15.0. The Morgan fingerprint density at radius 3 is 2.48 bits per heavy atom. The minimum atomic E-state index is -1.01. The maximum Gasteiger partial charge on any atom is 0.339 e. The van der Waals surface area contributed by atoms with Crippen molar-refractivity contribution in [2.75, 3.05) is 31.7 Å². The van der Waals surface area contributed by atoms with Crippen molar-refractivity contribution >= 4 is 17.4 Å². The van der Waals surface area contributed by atoms with Gasteiger partial charge >= 0.3 is 5.97 Å². The van der Waals surface area contributed by atoms with Gasteiger partial charge in [-0.2, -0.15) is 9.61 Å². The zero-order valence-electron chi connectivity index (χ0n) is 26.5. The summed E-state index contributed by atoms with van der Waals surface area (Å²) >= 11 is 0. The minimum absolute atomic E-state index is 0.214. The van der Waals surface area contributed by atoms with Crippen LogP contribution >= 0.6 is 0 Å². The Bertz CT molecular complexity index is 1660. The summed E-state index contributed by atoms with van der Waals surface area (Å²) < 4.78 is 19.6. The summed E-state index contributed by atoms with van der Waals surface area (Å²) in [5, 5.41) is 15.5. The average Bonchev–Trinajstić information content (AvgIpc) is 3.42. The van der Waals surface area contributed by atoms with Crippen molar-refractivity contribution < 1.29 is 24.1 Å². The van der Waals surface area contributed by atoms with E-state index >= 15 is 0 Å². The highest BCUT2D eigenvalue weighted by Gasteiger charge is 2.38. The van der Waals surface area contributed by atoms with Gasteiger partial charge in [-0.3, -0.25) is 0 Å². The van der Waals surface area contributed by atoms with Gasteiger partial charge in [-0.25, -0.2) is 9.78 Å². The number of aromatic hydroxyl groups is 1. The number of carbonyl (C=O) groups excluding carboxylic acids is 1. The second kappa shape index (κ2) is 12.4. The number of nitrogens with zero attached hydrogens (tertiary/aromatic N) is 4. The maximum absolute atomic E-state index is 13.3. The molecule has 0 saturated carbocycles. The van der Waals surface area contributed by atoms with Gasteiger partial charge < -0.3 is 24.2 Å². The summed E-state index contributed by atoms with van der Waals surface area (Å²) in [5.41, 5.74) is 4.25. The zero-order valence-corrected chi connectivity index (χ0v) is 26.5. The van der Waals surface area contributed by atoms with Crippen LogP contribution in [0.25, 0.3) is 28.0 Å². The number of aryl methyl sites for hydroxylation is 1. The van der Waals surface area contributed by atoms with E-state index in [-0.39, 0.29) is 11.4 Å². The largest absolute Gasteiger partial charge is 0.507 e. The van der Waals surface area contributed by atoms with Crippen molar-refractivity contribution in [2.45, 2.75) is 64.8 Å². The molecule has 4 aromatic rings. The number of methoxy groups -OCH3 is 1. The summed E-state index contributed by atoms with van der Waals surface area (Å²) in [7, 11) is 1.37. The lowest BCUT2D eigenvalue weighted by Crippen LogP contribution is -2.45. The number of anilines is 1. The Kier molecular flexibility index (Phi) is 8.81. The Hall–Kier alpha value is -4.21. The molecule has 0 unspecified atom stereocenters. The molecule has 1 aliphatic rings. The van der Waals surface area contributed by atoms with Crippen LogP contribution in [0.1, 0.15) is 57.9 Å². The zero-order chi connectivity index (χ0) is 31.6. The number of hydrogen-bond donors (Lipinski definition) is 1. The summed E-state index contributed by atoms with van der Waals surface area (Å²) in [6.07, 6.45) is 2.33. The van der Waals surface area contributed by atoms with Crippen LogP contribution in [0.2, 0.25) is 0 Å². The van der Waals surface area contributed by atoms with Crippen LogP contribution in [0, 0.1) is 6.92 Å². The molecule has 2 aromatic carbocycles. The predicted octanol–water partition coefficient (Wildman–Crippen LogP) is 6.67. The highest BCUT2D eigenvalue weighted by Crippen LogP contribution is 2.39. The van der Waals surface area contributed by atoms with E-state index in [0.29, 0.717) is 36.6 Å². The topological polar surface area (TPSA) is 98.4 Å². The molecule has 0 aliphatic carbocycles. The number of phenolic OH excluding ortho intramolecular Hbond substituents is 1. The van der Waals surface area contributed by atoms with Crippen LogP contribution in [0.3, 0.4) is 0 Å². The normalized spacial score (nSPS) is 15.7. The van der Waals surface area contributed by atoms with E-state index < -0.39 is 17.7 Å². The molecule has 0 bridgehead atoms. The Morgan fingerprint density at radius 2 is 1.82 bits per heavy atom. The molecule has 1 atom stereocenters. The maximum atomic E-state index is 13.3. The fraction of sp³-hybridized carbons (Fsp3) is 0.400. The molecule has 1 fully saturated rings. The molecular weight excluding hydrogens is 556 g/mol. The van der Waals surface area contributed by atoms with E-state index in [2.05, 4.69) is 18.4 Å². The second-order valence-electron chi connectivity index (χ2n) is 12.5. The molecule has 1 saturated heterocycles. The fourth-order valence-electron chi connectivity index (χ4n) is 5.71. The number of benzene rings is 2. The molecule has 3 heterocycles. The van der Waals surface area contributed by atoms with Crippen LogP contribution in [-0.2, 0) is 19.0 Å². The molecule has 5 rings (SSSR count). The molecule has 44 heavy (non-hydrogen) atoms. The van der Waals surface area contributed by atoms with E-state index in [1.165, 1.54) is 7.11 Å².